The van der Waals surface area contributed by atoms with Gasteiger partial charge < -0.3 is 9.67 Å². The van der Waals surface area contributed by atoms with E-state index >= 15 is 0 Å². The number of aromatic nitrogens is 2. The van der Waals surface area contributed by atoms with Gasteiger partial charge in [0.05, 0.1) is 11.0 Å². The molecule has 1 aliphatic heterocycles. The minimum absolute atomic E-state index is 0.00483. The van der Waals surface area contributed by atoms with Crippen LogP contribution in [0.4, 0.5) is 0 Å². The zero-order chi connectivity index (χ0) is 16.4. The summed E-state index contributed by atoms with van der Waals surface area (Å²) in [5.74, 6) is 1.38. The third kappa shape index (κ3) is 3.07. The zero-order valence-corrected chi connectivity index (χ0v) is 13.8. The quantitative estimate of drug-likeness (QED) is 0.785. The molecule has 0 radical (unpaired) electrons. The van der Waals surface area contributed by atoms with Crippen LogP contribution in [0.2, 0.25) is 0 Å². The highest BCUT2D eigenvalue weighted by atomic mass is 16.3. The molecule has 0 aliphatic carbocycles. The molecule has 124 valence electrons. The fourth-order valence-corrected chi connectivity index (χ4v) is 3.76. The molecule has 3 aromatic rings. The number of fused-ring (bicyclic) bond motifs is 1. The van der Waals surface area contributed by atoms with Crippen LogP contribution in [0.15, 0.2) is 54.6 Å². The number of aliphatic hydroxyl groups is 1. The van der Waals surface area contributed by atoms with Crippen LogP contribution >= 0.6 is 0 Å². The Morgan fingerprint density at radius 3 is 2.67 bits per heavy atom. The van der Waals surface area contributed by atoms with E-state index in [1.54, 1.807) is 0 Å². The summed E-state index contributed by atoms with van der Waals surface area (Å²) in [6.07, 6.45) is 1.20. The summed E-state index contributed by atoms with van der Waals surface area (Å²) in [7, 11) is 0. The molecule has 1 fully saturated rings. The molecule has 0 spiro atoms. The van der Waals surface area contributed by atoms with Crippen molar-refractivity contribution in [1.82, 2.24) is 14.5 Å². The Morgan fingerprint density at radius 2 is 1.83 bits per heavy atom. The number of rotatable bonds is 5. The van der Waals surface area contributed by atoms with Crippen LogP contribution in [0.25, 0.3) is 11.0 Å². The standard InChI is InChI=1S/C20H23N3O/c24-15-20-21-18-8-4-5-9-19(18)23(20)14-17-10-11-22(13-17)12-16-6-2-1-3-7-16/h1-9,17,24H,10-15H2/t17-/m0/s1. The molecule has 2 aromatic carbocycles. The average Bonchev–Trinajstić information content (AvgIpc) is 3.21. The predicted molar refractivity (Wildman–Crippen MR) is 95.5 cm³/mol. The average molecular weight is 321 g/mol. The number of hydrogen-bond donors (Lipinski definition) is 1. The highest BCUT2D eigenvalue weighted by Crippen LogP contribution is 2.24. The molecule has 0 saturated carbocycles. The first-order chi connectivity index (χ1) is 11.8. The van der Waals surface area contributed by atoms with Gasteiger partial charge in [0.2, 0.25) is 0 Å². The number of imidazole rings is 1. The number of nitrogens with zero attached hydrogens (tertiary/aromatic N) is 3. The predicted octanol–water partition coefficient (Wildman–Crippen LogP) is 3.05. The third-order valence-electron chi connectivity index (χ3n) is 4.93. The summed E-state index contributed by atoms with van der Waals surface area (Å²) >= 11 is 0. The van der Waals surface area contributed by atoms with Crippen molar-refractivity contribution in [2.75, 3.05) is 13.1 Å². The normalized spacial score (nSPS) is 18.5. The second-order valence-corrected chi connectivity index (χ2v) is 6.66. The van der Waals surface area contributed by atoms with Crippen LogP contribution in [0, 0.1) is 5.92 Å². The lowest BCUT2D eigenvalue weighted by molar-refractivity contribution is 0.260. The van der Waals surface area contributed by atoms with Crippen LogP contribution in [-0.2, 0) is 19.7 Å². The molecule has 1 N–H and O–H groups in total. The van der Waals surface area contributed by atoms with E-state index in [-0.39, 0.29) is 6.61 Å². The molecule has 4 heteroatoms. The Balaban J connectivity index is 1.47. The van der Waals surface area contributed by atoms with Crippen molar-refractivity contribution in [1.29, 1.82) is 0 Å². The summed E-state index contributed by atoms with van der Waals surface area (Å²) in [5, 5.41) is 9.65. The van der Waals surface area contributed by atoms with Gasteiger partial charge in [-0.1, -0.05) is 42.5 Å². The lowest BCUT2D eigenvalue weighted by atomic mass is 10.1. The Kier molecular flexibility index (Phi) is 4.32. The molecule has 1 aliphatic rings. The molecule has 1 saturated heterocycles. The van der Waals surface area contributed by atoms with E-state index in [2.05, 4.69) is 50.8 Å². The van der Waals surface area contributed by atoms with E-state index in [4.69, 9.17) is 0 Å². The van der Waals surface area contributed by atoms with E-state index in [0.29, 0.717) is 5.92 Å². The summed E-state index contributed by atoms with van der Waals surface area (Å²) in [6.45, 7) is 4.19. The van der Waals surface area contributed by atoms with Gasteiger partial charge in [-0.25, -0.2) is 4.98 Å². The number of benzene rings is 2. The number of likely N-dealkylation sites (tertiary alicyclic amines) is 1. The maximum Gasteiger partial charge on any atom is 0.135 e. The zero-order valence-electron chi connectivity index (χ0n) is 13.8. The largest absolute Gasteiger partial charge is 0.388 e. The van der Waals surface area contributed by atoms with E-state index in [1.165, 1.54) is 12.0 Å². The molecule has 2 heterocycles. The molecular weight excluding hydrogens is 298 g/mol. The Hall–Kier alpha value is -2.17. The van der Waals surface area contributed by atoms with Crippen molar-refractivity contribution in [2.24, 2.45) is 5.92 Å². The van der Waals surface area contributed by atoms with Gasteiger partial charge in [-0.3, -0.25) is 4.90 Å². The Labute approximate surface area is 142 Å². The topological polar surface area (TPSA) is 41.3 Å². The van der Waals surface area contributed by atoms with Crippen molar-refractivity contribution < 1.29 is 5.11 Å². The second kappa shape index (κ2) is 6.75. The summed E-state index contributed by atoms with van der Waals surface area (Å²) < 4.78 is 2.20. The first-order valence-corrected chi connectivity index (χ1v) is 8.65. The summed E-state index contributed by atoms with van der Waals surface area (Å²) in [6, 6.07) is 18.8. The smallest absolute Gasteiger partial charge is 0.135 e. The van der Waals surface area contributed by atoms with Crippen molar-refractivity contribution in [3.05, 3.63) is 66.0 Å². The monoisotopic (exact) mass is 321 g/mol. The molecule has 1 aromatic heterocycles. The Morgan fingerprint density at radius 1 is 1.04 bits per heavy atom. The summed E-state index contributed by atoms with van der Waals surface area (Å²) in [4.78, 5) is 7.08. The van der Waals surface area contributed by atoms with Gasteiger partial charge >= 0.3 is 0 Å². The summed E-state index contributed by atoms with van der Waals surface area (Å²) in [5.41, 5.74) is 3.48. The van der Waals surface area contributed by atoms with Crippen LogP contribution in [-0.4, -0.2) is 32.6 Å². The fraction of sp³-hybridized carbons (Fsp3) is 0.350. The van der Waals surface area contributed by atoms with Gasteiger partial charge in [0.1, 0.15) is 12.4 Å². The highest BCUT2D eigenvalue weighted by Gasteiger charge is 2.24. The van der Waals surface area contributed by atoms with E-state index in [9.17, 15) is 5.11 Å². The van der Waals surface area contributed by atoms with E-state index in [0.717, 1.165) is 43.0 Å². The van der Waals surface area contributed by atoms with Crippen LogP contribution < -0.4 is 0 Å². The lowest BCUT2D eigenvalue weighted by Gasteiger charge is -2.17. The molecule has 0 amide bonds. The number of aliphatic hydroxyl groups excluding tert-OH is 1. The minimum atomic E-state index is -0.00483. The van der Waals surface area contributed by atoms with E-state index < -0.39 is 0 Å². The first-order valence-electron chi connectivity index (χ1n) is 8.65. The maximum absolute atomic E-state index is 9.65. The van der Waals surface area contributed by atoms with E-state index in [1.807, 2.05) is 18.2 Å². The van der Waals surface area contributed by atoms with Crippen LogP contribution in [0.3, 0.4) is 0 Å². The fourth-order valence-electron chi connectivity index (χ4n) is 3.76. The maximum atomic E-state index is 9.65. The van der Waals surface area contributed by atoms with Crippen molar-refractivity contribution in [3.63, 3.8) is 0 Å². The Bertz CT molecular complexity index is 812. The molecule has 0 unspecified atom stereocenters. The van der Waals surface area contributed by atoms with Crippen LogP contribution in [0.1, 0.15) is 17.8 Å². The van der Waals surface area contributed by atoms with Crippen molar-refractivity contribution in [3.8, 4) is 0 Å². The second-order valence-electron chi connectivity index (χ2n) is 6.66. The van der Waals surface area contributed by atoms with Gasteiger partial charge in [0, 0.05) is 19.6 Å². The number of para-hydroxylation sites is 2. The van der Waals surface area contributed by atoms with Gasteiger partial charge in [-0.15, -0.1) is 0 Å². The van der Waals surface area contributed by atoms with Gasteiger partial charge in [0.25, 0.3) is 0 Å². The van der Waals surface area contributed by atoms with Gasteiger partial charge in [-0.2, -0.15) is 0 Å². The lowest BCUT2D eigenvalue weighted by Crippen LogP contribution is -2.22. The van der Waals surface area contributed by atoms with Crippen molar-refractivity contribution in [2.45, 2.75) is 26.1 Å². The van der Waals surface area contributed by atoms with Gasteiger partial charge in [-0.05, 0) is 36.6 Å². The molecule has 1 atom stereocenters. The van der Waals surface area contributed by atoms with Crippen molar-refractivity contribution >= 4 is 11.0 Å². The molecule has 24 heavy (non-hydrogen) atoms. The minimum Gasteiger partial charge on any atom is -0.388 e. The molecule has 4 nitrogen and oxygen atoms in total. The van der Waals surface area contributed by atoms with Crippen LogP contribution in [0.5, 0.6) is 0 Å². The number of hydrogen-bond acceptors (Lipinski definition) is 3. The first kappa shape index (κ1) is 15.4. The molecular formula is C20H23N3O. The molecule has 4 rings (SSSR count). The highest BCUT2D eigenvalue weighted by molar-refractivity contribution is 5.75. The third-order valence-corrected chi connectivity index (χ3v) is 4.93. The molecule has 0 bridgehead atoms. The SMILES string of the molecule is OCc1nc2ccccc2n1C[C@H]1CCN(Cc2ccccc2)C1. The van der Waals surface area contributed by atoms with Gasteiger partial charge in [0.15, 0.2) is 0 Å².